The molecule has 0 aliphatic heterocycles. The predicted octanol–water partition coefficient (Wildman–Crippen LogP) is 8.13. The molecule has 2 atom stereocenters. The minimum Gasteiger partial charge on any atom is -0.248 e. The van der Waals surface area contributed by atoms with E-state index in [1.807, 2.05) is 60.7 Å². The van der Waals surface area contributed by atoms with Crippen molar-refractivity contribution >= 4 is 70.3 Å². The Kier molecular flexibility index (Phi) is 6.04. The molecule has 0 saturated heterocycles. The molecule has 5 aromatic rings. The highest BCUT2D eigenvalue weighted by Crippen LogP contribution is 2.38. The molecule has 5 rings (SSSR count). The molecule has 0 aliphatic carbocycles. The summed E-state index contributed by atoms with van der Waals surface area (Å²) in [6, 6.07) is 27.6. The van der Waals surface area contributed by atoms with Gasteiger partial charge in [-0.05, 0) is 58.3 Å². The number of halogens is 2. The van der Waals surface area contributed by atoms with Crippen molar-refractivity contribution < 1.29 is 0 Å². The fourth-order valence-corrected chi connectivity index (χ4v) is 4.94. The van der Waals surface area contributed by atoms with Gasteiger partial charge in [0.15, 0.2) is 0 Å². The van der Waals surface area contributed by atoms with E-state index in [1.165, 1.54) is 0 Å². The Morgan fingerprint density at radius 1 is 0.562 bits per heavy atom. The number of rotatable bonds is 4. The third kappa shape index (κ3) is 4.20. The molecule has 0 aliphatic rings. The van der Waals surface area contributed by atoms with Crippen LogP contribution in [0, 0.1) is 0 Å². The quantitative estimate of drug-likeness (QED) is 0.195. The molecule has 158 valence electrons. The van der Waals surface area contributed by atoms with Crippen molar-refractivity contribution in [2.75, 3.05) is 0 Å². The zero-order chi connectivity index (χ0) is 22.2. The van der Waals surface area contributed by atoms with Crippen LogP contribution in [0.4, 0.5) is 0 Å². The summed E-state index contributed by atoms with van der Waals surface area (Å²) in [7, 11) is 0. The summed E-state index contributed by atoms with van der Waals surface area (Å²) in [5.41, 5.74) is 5.02. The van der Waals surface area contributed by atoms with E-state index in [-0.39, 0.29) is 10.5 Å². The summed E-state index contributed by atoms with van der Waals surface area (Å²) >= 11 is 22.4. The molecule has 0 saturated carbocycles. The summed E-state index contributed by atoms with van der Waals surface area (Å²) in [5.74, 6) is 0. The van der Waals surface area contributed by atoms with Gasteiger partial charge in [0, 0.05) is 10.0 Å². The molecule has 0 amide bonds. The Bertz CT molecular complexity index is 1350. The molecule has 32 heavy (non-hydrogen) atoms. The van der Waals surface area contributed by atoms with Crippen molar-refractivity contribution in [3.63, 3.8) is 0 Å². The maximum Gasteiger partial charge on any atom is 0.0897 e. The largest absolute Gasteiger partial charge is 0.248 e. The molecule has 6 heteroatoms. The molecule has 0 bridgehead atoms. The summed E-state index contributed by atoms with van der Waals surface area (Å²) in [4.78, 5) is 10.1. The van der Waals surface area contributed by atoms with Gasteiger partial charge in [-0.15, -0.1) is 0 Å². The molecule has 2 unspecified atom stereocenters. The van der Waals surface area contributed by atoms with Crippen molar-refractivity contribution in [3.05, 3.63) is 117 Å². The van der Waals surface area contributed by atoms with Gasteiger partial charge in [-0.3, -0.25) is 0 Å². The smallest absolute Gasteiger partial charge is 0.0897 e. The standard InChI is InChI=1S/C26H18Cl2N2S2/c27-19-9-3-7-17(11-19)25(31)23-24(26(32)18-8-4-10-20(28)12-18)30-22-14-16-6-2-1-5-15(16)13-21(22)29-23/h1-14,25-26,31-32H. The van der Waals surface area contributed by atoms with Crippen LogP contribution in [0.25, 0.3) is 21.8 Å². The number of nitrogens with zero attached hydrogens (tertiary/aromatic N) is 2. The van der Waals surface area contributed by atoms with E-state index in [9.17, 15) is 0 Å². The van der Waals surface area contributed by atoms with Crippen LogP contribution in [0.15, 0.2) is 84.9 Å². The Morgan fingerprint density at radius 2 is 1.00 bits per heavy atom. The monoisotopic (exact) mass is 492 g/mol. The maximum absolute atomic E-state index is 6.25. The van der Waals surface area contributed by atoms with E-state index in [0.717, 1.165) is 44.3 Å². The van der Waals surface area contributed by atoms with Crippen LogP contribution in [0.3, 0.4) is 0 Å². The zero-order valence-corrected chi connectivity index (χ0v) is 20.1. The molecule has 2 nitrogen and oxygen atoms in total. The number of fused-ring (bicyclic) bond motifs is 2. The van der Waals surface area contributed by atoms with Crippen LogP contribution >= 0.6 is 48.5 Å². The normalized spacial score (nSPS) is 13.4. The van der Waals surface area contributed by atoms with Crippen LogP contribution in [0.2, 0.25) is 10.0 Å². The number of thiol groups is 2. The minimum atomic E-state index is -0.319. The number of aromatic nitrogens is 2. The van der Waals surface area contributed by atoms with Gasteiger partial charge in [-0.25, -0.2) is 9.97 Å². The second-order valence-corrected chi connectivity index (χ2v) is 9.50. The zero-order valence-electron chi connectivity index (χ0n) is 16.8. The average Bonchev–Trinajstić information content (AvgIpc) is 2.81. The summed E-state index contributed by atoms with van der Waals surface area (Å²) < 4.78 is 0. The third-order valence-electron chi connectivity index (χ3n) is 5.43. The molecule has 0 radical (unpaired) electrons. The highest BCUT2D eigenvalue weighted by atomic mass is 35.5. The van der Waals surface area contributed by atoms with Crippen molar-refractivity contribution in [3.8, 4) is 0 Å². The summed E-state index contributed by atoms with van der Waals surface area (Å²) in [5, 5.41) is 2.90. The second-order valence-electron chi connectivity index (χ2n) is 7.60. The van der Waals surface area contributed by atoms with E-state index in [4.69, 9.17) is 58.4 Å². The van der Waals surface area contributed by atoms with E-state index < -0.39 is 0 Å². The first-order chi connectivity index (χ1) is 15.5. The van der Waals surface area contributed by atoms with E-state index in [1.54, 1.807) is 0 Å². The van der Waals surface area contributed by atoms with Crippen molar-refractivity contribution in [2.24, 2.45) is 0 Å². The summed E-state index contributed by atoms with van der Waals surface area (Å²) in [6.45, 7) is 0. The molecule has 1 aromatic heterocycles. The van der Waals surface area contributed by atoms with Gasteiger partial charge >= 0.3 is 0 Å². The number of hydrogen-bond donors (Lipinski definition) is 2. The van der Waals surface area contributed by atoms with E-state index >= 15 is 0 Å². The third-order valence-corrected chi connectivity index (χ3v) is 6.99. The van der Waals surface area contributed by atoms with Crippen molar-refractivity contribution in [1.82, 2.24) is 9.97 Å². The van der Waals surface area contributed by atoms with Crippen molar-refractivity contribution in [1.29, 1.82) is 0 Å². The first kappa shape index (κ1) is 21.6. The van der Waals surface area contributed by atoms with Gasteiger partial charge in [-0.2, -0.15) is 25.3 Å². The Balaban J connectivity index is 1.74. The maximum atomic E-state index is 6.25. The predicted molar refractivity (Wildman–Crippen MR) is 142 cm³/mol. The molecular formula is C26H18Cl2N2S2. The fourth-order valence-electron chi connectivity index (χ4n) is 3.84. The van der Waals surface area contributed by atoms with Gasteiger partial charge in [0.1, 0.15) is 0 Å². The lowest BCUT2D eigenvalue weighted by Gasteiger charge is -2.20. The summed E-state index contributed by atoms with van der Waals surface area (Å²) in [6.07, 6.45) is 0. The molecule has 0 spiro atoms. The van der Waals surface area contributed by atoms with Gasteiger partial charge in [0.2, 0.25) is 0 Å². The highest BCUT2D eigenvalue weighted by molar-refractivity contribution is 7.81. The lowest BCUT2D eigenvalue weighted by atomic mass is 10.0. The van der Waals surface area contributed by atoms with Crippen LogP contribution in [0.1, 0.15) is 33.0 Å². The van der Waals surface area contributed by atoms with Gasteiger partial charge < -0.3 is 0 Å². The van der Waals surface area contributed by atoms with Crippen LogP contribution in [-0.2, 0) is 0 Å². The average molecular weight is 493 g/mol. The first-order valence-electron chi connectivity index (χ1n) is 10.1. The van der Waals surface area contributed by atoms with Gasteiger partial charge in [-0.1, -0.05) is 71.7 Å². The molecule has 0 N–H and O–H groups in total. The van der Waals surface area contributed by atoms with Crippen LogP contribution < -0.4 is 0 Å². The Labute approximate surface area is 207 Å². The Hall–Kier alpha value is -2.24. The minimum absolute atomic E-state index is 0.319. The topological polar surface area (TPSA) is 25.8 Å². The molecule has 4 aromatic carbocycles. The van der Waals surface area contributed by atoms with Gasteiger partial charge in [0.25, 0.3) is 0 Å². The van der Waals surface area contributed by atoms with E-state index in [0.29, 0.717) is 10.0 Å². The lowest BCUT2D eigenvalue weighted by molar-refractivity contribution is 0.951. The van der Waals surface area contributed by atoms with E-state index in [2.05, 4.69) is 24.3 Å². The fraction of sp³-hybridized carbons (Fsp3) is 0.0769. The second kappa shape index (κ2) is 8.95. The number of hydrogen-bond acceptors (Lipinski definition) is 4. The Morgan fingerprint density at radius 3 is 1.41 bits per heavy atom. The molecule has 1 heterocycles. The highest BCUT2D eigenvalue weighted by Gasteiger charge is 2.24. The lowest BCUT2D eigenvalue weighted by Crippen LogP contribution is -2.09. The van der Waals surface area contributed by atoms with Crippen LogP contribution in [0.5, 0.6) is 0 Å². The SMILES string of the molecule is SC(c1cccc(Cl)c1)c1nc2cc3ccccc3cc2nc1C(S)c1cccc(Cl)c1. The van der Waals surface area contributed by atoms with Crippen molar-refractivity contribution in [2.45, 2.75) is 10.5 Å². The molecular weight excluding hydrogens is 475 g/mol. The van der Waals surface area contributed by atoms with Gasteiger partial charge in [0.05, 0.1) is 32.9 Å². The first-order valence-corrected chi connectivity index (χ1v) is 11.9. The number of benzene rings is 4. The molecule has 0 fully saturated rings. The van der Waals surface area contributed by atoms with Crippen LogP contribution in [-0.4, -0.2) is 9.97 Å².